The Labute approximate surface area is 111 Å². The molecular formula is C13H16N2O4. The third kappa shape index (κ3) is 3.23. The molecule has 0 radical (unpaired) electrons. The minimum absolute atomic E-state index is 0.149. The van der Waals surface area contributed by atoms with E-state index in [1.54, 1.807) is 0 Å². The van der Waals surface area contributed by atoms with Crippen molar-refractivity contribution >= 4 is 12.0 Å². The summed E-state index contributed by atoms with van der Waals surface area (Å²) in [4.78, 5) is 24.6. The van der Waals surface area contributed by atoms with Crippen LogP contribution in [0.3, 0.4) is 0 Å². The van der Waals surface area contributed by atoms with E-state index in [1.165, 1.54) is 4.90 Å². The van der Waals surface area contributed by atoms with Crippen LogP contribution in [0.1, 0.15) is 5.56 Å². The summed E-state index contributed by atoms with van der Waals surface area (Å²) in [5, 5.41) is 11.7. The van der Waals surface area contributed by atoms with Gasteiger partial charge < -0.3 is 15.2 Å². The molecule has 0 saturated carbocycles. The summed E-state index contributed by atoms with van der Waals surface area (Å²) in [6.07, 6.45) is -0.585. The smallest absolute Gasteiger partial charge is 0.410 e. The molecule has 6 nitrogen and oxygen atoms in total. The van der Waals surface area contributed by atoms with Gasteiger partial charge in [0.15, 0.2) is 0 Å². The van der Waals surface area contributed by atoms with Crippen LogP contribution in [0.2, 0.25) is 0 Å². The van der Waals surface area contributed by atoms with E-state index >= 15 is 0 Å². The Bertz CT molecular complexity index is 449. The van der Waals surface area contributed by atoms with Crippen LogP contribution < -0.4 is 5.32 Å². The van der Waals surface area contributed by atoms with Gasteiger partial charge in [0.05, 0.1) is 6.61 Å². The standard InChI is InChI=1S/C13H16N2O4/c16-8-11-12(17)14-6-7-15(11)13(18)19-9-10-4-2-1-3-5-10/h1-5,11,16H,6-9H2,(H,14,17). The maximum absolute atomic E-state index is 11.9. The second-order valence-corrected chi connectivity index (χ2v) is 4.22. The Balaban J connectivity index is 1.93. The van der Waals surface area contributed by atoms with Crippen LogP contribution in [0, 0.1) is 0 Å². The minimum Gasteiger partial charge on any atom is -0.445 e. The number of carbonyl (C=O) groups excluding carboxylic acids is 2. The Morgan fingerprint density at radius 1 is 1.42 bits per heavy atom. The highest BCUT2D eigenvalue weighted by Gasteiger charge is 2.33. The van der Waals surface area contributed by atoms with Crippen molar-refractivity contribution in [2.45, 2.75) is 12.6 Å². The van der Waals surface area contributed by atoms with Gasteiger partial charge in [-0.1, -0.05) is 30.3 Å². The Hall–Kier alpha value is -2.08. The molecule has 1 saturated heterocycles. The summed E-state index contributed by atoms with van der Waals surface area (Å²) in [6, 6.07) is 8.42. The Morgan fingerprint density at radius 3 is 2.84 bits per heavy atom. The van der Waals surface area contributed by atoms with E-state index in [-0.39, 0.29) is 12.5 Å². The number of nitrogens with zero attached hydrogens (tertiary/aromatic N) is 1. The van der Waals surface area contributed by atoms with E-state index in [9.17, 15) is 9.59 Å². The van der Waals surface area contributed by atoms with E-state index in [0.717, 1.165) is 5.56 Å². The van der Waals surface area contributed by atoms with E-state index in [0.29, 0.717) is 13.1 Å². The predicted molar refractivity (Wildman–Crippen MR) is 67.2 cm³/mol. The molecular weight excluding hydrogens is 248 g/mol. The first-order valence-electron chi connectivity index (χ1n) is 6.08. The fraction of sp³-hybridized carbons (Fsp3) is 0.385. The highest BCUT2D eigenvalue weighted by Crippen LogP contribution is 2.08. The van der Waals surface area contributed by atoms with Gasteiger partial charge in [0.1, 0.15) is 12.6 Å². The van der Waals surface area contributed by atoms with Crippen LogP contribution in [-0.4, -0.2) is 47.7 Å². The number of nitrogens with one attached hydrogen (secondary N) is 1. The molecule has 6 heteroatoms. The second kappa shape index (κ2) is 6.19. The van der Waals surface area contributed by atoms with Gasteiger partial charge >= 0.3 is 6.09 Å². The number of hydrogen-bond donors (Lipinski definition) is 2. The van der Waals surface area contributed by atoms with Gasteiger partial charge in [0, 0.05) is 13.1 Å². The fourth-order valence-electron chi connectivity index (χ4n) is 1.92. The van der Waals surface area contributed by atoms with Gasteiger partial charge in [-0.2, -0.15) is 0 Å². The lowest BCUT2D eigenvalue weighted by atomic mass is 10.2. The van der Waals surface area contributed by atoms with Gasteiger partial charge in [-0.25, -0.2) is 4.79 Å². The lowest BCUT2D eigenvalue weighted by Crippen LogP contribution is -2.58. The number of carbonyl (C=O) groups is 2. The van der Waals surface area contributed by atoms with Gasteiger partial charge in [-0.05, 0) is 5.56 Å². The molecule has 2 amide bonds. The van der Waals surface area contributed by atoms with Crippen molar-refractivity contribution in [2.24, 2.45) is 0 Å². The van der Waals surface area contributed by atoms with E-state index < -0.39 is 18.7 Å². The van der Waals surface area contributed by atoms with Crippen molar-refractivity contribution in [2.75, 3.05) is 19.7 Å². The Kier molecular flexibility index (Phi) is 4.35. The zero-order valence-electron chi connectivity index (χ0n) is 10.4. The molecule has 0 spiro atoms. The first-order valence-corrected chi connectivity index (χ1v) is 6.08. The molecule has 0 aliphatic carbocycles. The van der Waals surface area contributed by atoms with E-state index in [2.05, 4.69) is 5.32 Å². The summed E-state index contributed by atoms with van der Waals surface area (Å²) in [7, 11) is 0. The number of piperazine rings is 1. The van der Waals surface area contributed by atoms with Crippen LogP contribution in [0.5, 0.6) is 0 Å². The van der Waals surface area contributed by atoms with Gasteiger partial charge in [0.2, 0.25) is 5.91 Å². The average molecular weight is 264 g/mol. The lowest BCUT2D eigenvalue weighted by molar-refractivity contribution is -0.129. The van der Waals surface area contributed by atoms with Crippen molar-refractivity contribution in [1.82, 2.24) is 10.2 Å². The molecule has 102 valence electrons. The monoisotopic (exact) mass is 264 g/mol. The molecule has 2 rings (SSSR count). The number of hydrogen-bond acceptors (Lipinski definition) is 4. The molecule has 0 bridgehead atoms. The molecule has 1 atom stereocenters. The molecule has 1 aromatic rings. The summed E-state index contributed by atoms with van der Waals surface area (Å²) >= 11 is 0. The third-order valence-electron chi connectivity index (χ3n) is 2.94. The average Bonchev–Trinajstić information content (AvgIpc) is 2.45. The molecule has 2 N–H and O–H groups in total. The number of rotatable bonds is 3. The van der Waals surface area contributed by atoms with Crippen LogP contribution >= 0.6 is 0 Å². The van der Waals surface area contributed by atoms with Crippen LogP contribution in [-0.2, 0) is 16.1 Å². The van der Waals surface area contributed by atoms with Crippen LogP contribution in [0.4, 0.5) is 4.79 Å². The first-order chi connectivity index (χ1) is 9.22. The maximum atomic E-state index is 11.9. The number of ether oxygens (including phenoxy) is 1. The number of benzene rings is 1. The quantitative estimate of drug-likeness (QED) is 0.812. The molecule has 1 heterocycles. The topological polar surface area (TPSA) is 78.9 Å². The predicted octanol–water partition coefficient (Wildman–Crippen LogP) is 0.116. The molecule has 0 aromatic heterocycles. The van der Waals surface area contributed by atoms with Crippen LogP contribution in [0.25, 0.3) is 0 Å². The molecule has 1 unspecified atom stereocenters. The first kappa shape index (κ1) is 13.4. The lowest BCUT2D eigenvalue weighted by Gasteiger charge is -2.32. The number of aliphatic hydroxyl groups excluding tert-OH is 1. The van der Waals surface area contributed by atoms with Crippen molar-refractivity contribution in [1.29, 1.82) is 0 Å². The molecule has 1 aromatic carbocycles. The molecule has 1 aliphatic rings. The zero-order chi connectivity index (χ0) is 13.7. The highest BCUT2D eigenvalue weighted by molar-refractivity contribution is 5.86. The molecule has 1 fully saturated rings. The SMILES string of the molecule is O=C1NCCN(C(=O)OCc2ccccc2)C1CO. The highest BCUT2D eigenvalue weighted by atomic mass is 16.6. The minimum atomic E-state index is -0.864. The van der Waals surface area contributed by atoms with E-state index in [1.807, 2.05) is 30.3 Å². The summed E-state index contributed by atoms with van der Waals surface area (Å²) in [5.41, 5.74) is 0.873. The van der Waals surface area contributed by atoms with Crippen molar-refractivity contribution in [3.8, 4) is 0 Å². The fourth-order valence-corrected chi connectivity index (χ4v) is 1.92. The second-order valence-electron chi connectivity index (χ2n) is 4.22. The maximum Gasteiger partial charge on any atom is 0.410 e. The van der Waals surface area contributed by atoms with Crippen molar-refractivity contribution in [3.63, 3.8) is 0 Å². The van der Waals surface area contributed by atoms with E-state index in [4.69, 9.17) is 9.84 Å². The summed E-state index contributed by atoms with van der Waals surface area (Å²) in [5.74, 6) is -0.356. The molecule has 19 heavy (non-hydrogen) atoms. The normalized spacial score (nSPS) is 18.9. The Morgan fingerprint density at radius 2 is 2.16 bits per heavy atom. The number of amides is 2. The van der Waals surface area contributed by atoms with Crippen LogP contribution in [0.15, 0.2) is 30.3 Å². The summed E-state index contributed by atoms with van der Waals surface area (Å²) in [6.45, 7) is 0.447. The van der Waals surface area contributed by atoms with Gasteiger partial charge in [0.25, 0.3) is 0 Å². The number of aliphatic hydroxyl groups is 1. The largest absolute Gasteiger partial charge is 0.445 e. The van der Waals surface area contributed by atoms with Gasteiger partial charge in [-0.3, -0.25) is 9.69 Å². The zero-order valence-corrected chi connectivity index (χ0v) is 10.4. The molecule has 1 aliphatic heterocycles. The third-order valence-corrected chi connectivity index (χ3v) is 2.94. The van der Waals surface area contributed by atoms with Crippen molar-refractivity contribution < 1.29 is 19.4 Å². The van der Waals surface area contributed by atoms with Gasteiger partial charge in [-0.15, -0.1) is 0 Å². The summed E-state index contributed by atoms with van der Waals surface area (Å²) < 4.78 is 5.14. The van der Waals surface area contributed by atoms with Crippen molar-refractivity contribution in [3.05, 3.63) is 35.9 Å².